The summed E-state index contributed by atoms with van der Waals surface area (Å²) >= 11 is 1.14. The molecule has 0 aliphatic heterocycles. The van der Waals surface area contributed by atoms with Crippen molar-refractivity contribution in [2.24, 2.45) is 0 Å². The van der Waals surface area contributed by atoms with E-state index in [1.807, 2.05) is 50.2 Å². The van der Waals surface area contributed by atoms with Crippen LogP contribution in [-0.4, -0.2) is 18.2 Å². The topological polar surface area (TPSA) is 75.6 Å². The van der Waals surface area contributed by atoms with Gasteiger partial charge >= 0.3 is 13.5 Å². The molecule has 3 aromatic rings. The molecule has 0 amide bonds. The molecule has 0 fully saturated rings. The fraction of sp³-hybridized carbons (Fsp3) is 0.150. The van der Waals surface area contributed by atoms with E-state index in [2.05, 4.69) is 5.09 Å². The van der Waals surface area contributed by atoms with Gasteiger partial charge in [0, 0.05) is 12.0 Å². The first-order valence-electron chi connectivity index (χ1n) is 8.28. The van der Waals surface area contributed by atoms with Gasteiger partial charge in [-0.3, -0.25) is 4.57 Å². The highest BCUT2D eigenvalue weighted by Crippen LogP contribution is 2.48. The number of benzene rings is 2. The predicted molar refractivity (Wildman–Crippen MR) is 111 cm³/mol. The molecule has 0 bridgehead atoms. The molecule has 27 heavy (non-hydrogen) atoms. The van der Waals surface area contributed by atoms with Gasteiger partial charge in [0.15, 0.2) is 0 Å². The Morgan fingerprint density at radius 1 is 1.04 bits per heavy atom. The molecule has 140 valence electrons. The summed E-state index contributed by atoms with van der Waals surface area (Å²) in [6, 6.07) is 16.6. The number of carbonyl (C=O) groups is 1. The van der Waals surface area contributed by atoms with E-state index in [-0.39, 0.29) is 10.6 Å². The summed E-state index contributed by atoms with van der Waals surface area (Å²) in [5, 5.41) is 12.9. The van der Waals surface area contributed by atoms with Crippen LogP contribution in [0.5, 0.6) is 0 Å². The van der Waals surface area contributed by atoms with Crippen LogP contribution < -0.4 is 10.4 Å². The lowest BCUT2D eigenvalue weighted by molar-refractivity contribution is 0.0703. The number of carboxylic acid groups (broad SMARTS) is 1. The molecule has 0 saturated carbocycles. The highest BCUT2D eigenvalue weighted by molar-refractivity contribution is 7.68. The van der Waals surface area contributed by atoms with Crippen LogP contribution in [0.15, 0.2) is 54.6 Å². The van der Waals surface area contributed by atoms with Gasteiger partial charge in [0.25, 0.3) is 0 Å². The van der Waals surface area contributed by atoms with E-state index in [0.717, 1.165) is 32.9 Å². The number of nitrogens with one attached hydrogen (secondary N) is 1. The molecule has 0 aliphatic carbocycles. The summed E-state index contributed by atoms with van der Waals surface area (Å²) in [6.07, 6.45) is 0. The van der Waals surface area contributed by atoms with Crippen LogP contribution in [-0.2, 0) is 9.09 Å². The summed E-state index contributed by atoms with van der Waals surface area (Å²) in [4.78, 5) is 12.6. The van der Waals surface area contributed by atoms with Gasteiger partial charge in [-0.2, -0.15) is 0 Å². The zero-order valence-electron chi connectivity index (χ0n) is 15.2. The van der Waals surface area contributed by atoms with Gasteiger partial charge in [0.05, 0.1) is 11.0 Å². The Kier molecular flexibility index (Phi) is 5.51. The molecule has 3 rings (SSSR count). The Hall–Kier alpha value is -2.40. The van der Waals surface area contributed by atoms with Crippen molar-refractivity contribution in [1.29, 1.82) is 0 Å². The fourth-order valence-electron chi connectivity index (χ4n) is 2.61. The van der Waals surface area contributed by atoms with Crippen molar-refractivity contribution in [2.75, 3.05) is 12.2 Å². The minimum absolute atomic E-state index is 0.0926. The average molecular weight is 401 g/mol. The summed E-state index contributed by atoms with van der Waals surface area (Å²) in [7, 11) is -2.11. The lowest BCUT2D eigenvalue weighted by Gasteiger charge is -2.18. The normalized spacial score (nSPS) is 13.1. The smallest absolute Gasteiger partial charge is 0.348 e. The molecule has 0 saturated heterocycles. The molecule has 0 aliphatic rings. The first kappa shape index (κ1) is 19.4. The summed E-state index contributed by atoms with van der Waals surface area (Å²) in [5.74, 6) is -1.08. The molecular weight excluding hydrogens is 381 g/mol. The largest absolute Gasteiger partial charge is 0.477 e. The predicted octanol–water partition coefficient (Wildman–Crippen LogP) is 5.31. The zero-order chi connectivity index (χ0) is 19.6. The van der Waals surface area contributed by atoms with E-state index in [9.17, 15) is 14.5 Å². The van der Waals surface area contributed by atoms with Crippen molar-refractivity contribution in [3.05, 3.63) is 70.6 Å². The Morgan fingerprint density at radius 2 is 1.59 bits per heavy atom. The molecule has 1 unspecified atom stereocenters. The molecule has 0 spiro atoms. The van der Waals surface area contributed by atoms with Crippen molar-refractivity contribution in [2.45, 2.75) is 13.8 Å². The Morgan fingerprint density at radius 3 is 2.11 bits per heavy atom. The molecule has 5 nitrogen and oxygen atoms in total. The van der Waals surface area contributed by atoms with Crippen molar-refractivity contribution in [1.82, 2.24) is 0 Å². The van der Waals surface area contributed by atoms with Crippen molar-refractivity contribution in [3.8, 4) is 10.4 Å². The van der Waals surface area contributed by atoms with Crippen LogP contribution in [0.1, 0.15) is 20.8 Å². The van der Waals surface area contributed by atoms with Gasteiger partial charge in [0.2, 0.25) is 0 Å². The van der Waals surface area contributed by atoms with Gasteiger partial charge in [-0.25, -0.2) is 4.79 Å². The van der Waals surface area contributed by atoms with Gasteiger partial charge in [-0.05, 0) is 37.6 Å². The Labute approximate surface area is 162 Å². The number of carboxylic acids is 1. The van der Waals surface area contributed by atoms with E-state index in [0.29, 0.717) is 5.30 Å². The van der Waals surface area contributed by atoms with E-state index >= 15 is 0 Å². The van der Waals surface area contributed by atoms with Crippen molar-refractivity contribution >= 4 is 35.8 Å². The quantitative estimate of drug-likeness (QED) is 0.548. The first-order valence-corrected chi connectivity index (χ1v) is 10.7. The second-order valence-corrected chi connectivity index (χ2v) is 9.47. The van der Waals surface area contributed by atoms with Gasteiger partial charge in [-0.15, -0.1) is 11.3 Å². The van der Waals surface area contributed by atoms with E-state index < -0.39 is 13.5 Å². The Bertz CT molecular complexity index is 1010. The molecule has 2 aromatic carbocycles. The van der Waals surface area contributed by atoms with Crippen LogP contribution in [0.4, 0.5) is 5.69 Å². The van der Waals surface area contributed by atoms with E-state index in [1.54, 1.807) is 18.2 Å². The maximum atomic E-state index is 13.3. The lowest BCUT2D eigenvalue weighted by atomic mass is 10.1. The highest BCUT2D eigenvalue weighted by atomic mass is 32.1. The molecular formula is C20H20NO4PS. The molecule has 1 atom stereocenters. The van der Waals surface area contributed by atoms with Gasteiger partial charge < -0.3 is 14.7 Å². The van der Waals surface area contributed by atoms with Crippen LogP contribution in [0, 0.1) is 13.8 Å². The Balaban J connectivity index is 2.02. The summed E-state index contributed by atoms with van der Waals surface area (Å²) < 4.78 is 18.6. The first-order chi connectivity index (χ1) is 12.8. The second-order valence-electron chi connectivity index (χ2n) is 6.21. The monoisotopic (exact) mass is 401 g/mol. The lowest BCUT2D eigenvalue weighted by Crippen LogP contribution is -2.14. The van der Waals surface area contributed by atoms with Crippen LogP contribution in [0.25, 0.3) is 10.4 Å². The van der Waals surface area contributed by atoms with Gasteiger partial charge in [0.1, 0.15) is 4.88 Å². The number of hydrogen-bond acceptors (Lipinski definition) is 4. The fourth-order valence-corrected chi connectivity index (χ4v) is 5.11. The highest BCUT2D eigenvalue weighted by Gasteiger charge is 2.28. The second kappa shape index (κ2) is 7.69. The molecule has 0 radical (unpaired) electrons. The third-order valence-electron chi connectivity index (χ3n) is 4.16. The number of rotatable bonds is 6. The van der Waals surface area contributed by atoms with E-state index in [4.69, 9.17) is 4.52 Å². The molecule has 7 heteroatoms. The molecule has 1 aromatic heterocycles. The minimum atomic E-state index is -3.45. The summed E-state index contributed by atoms with van der Waals surface area (Å²) in [5.41, 5.74) is 3.35. The third kappa shape index (κ3) is 4.14. The minimum Gasteiger partial charge on any atom is -0.477 e. The number of thiophene rings is 1. The molecule has 2 N–H and O–H groups in total. The van der Waals surface area contributed by atoms with Gasteiger partial charge in [-0.1, -0.05) is 47.5 Å². The van der Waals surface area contributed by atoms with Crippen molar-refractivity contribution < 1.29 is 19.0 Å². The average Bonchev–Trinajstić information content (AvgIpc) is 3.06. The number of aryl methyl sites for hydroxylation is 2. The molecule has 1 heterocycles. The number of anilines is 1. The maximum Gasteiger partial charge on any atom is 0.348 e. The van der Waals surface area contributed by atoms with Crippen LogP contribution >= 0.6 is 18.9 Å². The standard InChI is InChI=1S/C20H20NO4PS/c1-13-4-8-15(9-5-13)18-12-17(19(27-18)20(22)23)21-26(24,25-3)16-10-6-14(2)7-11-16/h4-12H,1-3H3,(H,21,24)(H,22,23). The van der Waals surface area contributed by atoms with E-state index in [1.165, 1.54) is 7.11 Å². The maximum absolute atomic E-state index is 13.3. The third-order valence-corrected chi connectivity index (χ3v) is 7.36. The van der Waals surface area contributed by atoms with Crippen LogP contribution in [0.3, 0.4) is 0 Å². The van der Waals surface area contributed by atoms with Crippen LogP contribution in [0.2, 0.25) is 0 Å². The SMILES string of the molecule is COP(=O)(Nc1cc(-c2ccc(C)cc2)sc1C(=O)O)c1ccc(C)cc1. The number of aromatic carboxylic acids is 1. The summed E-state index contributed by atoms with van der Waals surface area (Å²) in [6.45, 7) is 3.93. The van der Waals surface area contributed by atoms with Crippen molar-refractivity contribution in [3.63, 3.8) is 0 Å². The zero-order valence-corrected chi connectivity index (χ0v) is 16.9. The number of hydrogen-bond donors (Lipinski definition) is 2.